The highest BCUT2D eigenvalue weighted by Crippen LogP contribution is 2.22. The highest BCUT2D eigenvalue weighted by atomic mass is 16.2. The van der Waals surface area contributed by atoms with E-state index >= 15 is 0 Å². The van der Waals surface area contributed by atoms with Crippen molar-refractivity contribution in [3.8, 4) is 11.3 Å². The van der Waals surface area contributed by atoms with E-state index < -0.39 is 0 Å². The van der Waals surface area contributed by atoms with E-state index in [2.05, 4.69) is 49.2 Å². The van der Waals surface area contributed by atoms with Crippen molar-refractivity contribution in [2.75, 3.05) is 13.1 Å². The molecule has 4 nitrogen and oxygen atoms in total. The Hall–Kier alpha value is -2.10. The maximum atomic E-state index is 12.6. The molecule has 116 valence electrons. The van der Waals surface area contributed by atoms with Gasteiger partial charge < -0.3 is 4.90 Å². The minimum absolute atomic E-state index is 0.0640. The maximum absolute atomic E-state index is 12.6. The molecule has 4 heteroatoms. The van der Waals surface area contributed by atoms with Crippen LogP contribution in [0.4, 0.5) is 0 Å². The smallest absolute Gasteiger partial charge is 0.271 e. The first kappa shape index (κ1) is 14.8. The zero-order valence-corrected chi connectivity index (χ0v) is 13.5. The van der Waals surface area contributed by atoms with Gasteiger partial charge in [-0.15, -0.1) is 0 Å². The standard InChI is InChI=1S/C18H23N3O/c1-12-5-4-8-21(11-12)18(22)17-10-16(19-20-17)15-7-6-13(2)14(3)9-15/h6-7,9-10,12H,4-5,8,11H2,1-3H3,(H,19,20). The molecule has 0 spiro atoms. The molecule has 22 heavy (non-hydrogen) atoms. The molecule has 1 N–H and O–H groups in total. The van der Waals surface area contributed by atoms with Crippen LogP contribution in [-0.4, -0.2) is 34.1 Å². The number of aromatic amines is 1. The summed E-state index contributed by atoms with van der Waals surface area (Å²) < 4.78 is 0. The first-order valence-corrected chi connectivity index (χ1v) is 7.97. The Kier molecular flexibility index (Phi) is 4.01. The fourth-order valence-electron chi connectivity index (χ4n) is 3.02. The molecule has 1 aliphatic heterocycles. The number of piperidine rings is 1. The van der Waals surface area contributed by atoms with Crippen LogP contribution in [0.2, 0.25) is 0 Å². The molecule has 1 fully saturated rings. The molecule has 2 aromatic rings. The molecule has 0 aliphatic carbocycles. The van der Waals surface area contributed by atoms with Gasteiger partial charge in [0.1, 0.15) is 5.69 Å². The third-order valence-corrected chi connectivity index (χ3v) is 4.56. The molecule has 1 atom stereocenters. The number of likely N-dealkylation sites (tertiary alicyclic amines) is 1. The lowest BCUT2D eigenvalue weighted by atomic mass is 10.00. The van der Waals surface area contributed by atoms with Crippen LogP contribution in [0.1, 0.15) is 41.4 Å². The summed E-state index contributed by atoms with van der Waals surface area (Å²) in [6.45, 7) is 8.08. The lowest BCUT2D eigenvalue weighted by molar-refractivity contribution is 0.0677. The van der Waals surface area contributed by atoms with E-state index in [-0.39, 0.29) is 5.91 Å². The second-order valence-corrected chi connectivity index (χ2v) is 6.46. The number of carbonyl (C=O) groups excluding carboxylic acids is 1. The number of amides is 1. The van der Waals surface area contributed by atoms with Crippen LogP contribution in [-0.2, 0) is 0 Å². The zero-order valence-electron chi connectivity index (χ0n) is 13.5. The van der Waals surface area contributed by atoms with Gasteiger partial charge in [-0.2, -0.15) is 5.10 Å². The lowest BCUT2D eigenvalue weighted by Crippen LogP contribution is -2.39. The monoisotopic (exact) mass is 297 g/mol. The SMILES string of the molecule is Cc1ccc(-c2cc(C(=O)N3CCCC(C)C3)[nH]n2)cc1C. The lowest BCUT2D eigenvalue weighted by Gasteiger charge is -2.30. The average molecular weight is 297 g/mol. The predicted octanol–water partition coefficient (Wildman–Crippen LogP) is 3.57. The molecule has 0 saturated carbocycles. The highest BCUT2D eigenvalue weighted by Gasteiger charge is 2.23. The second-order valence-electron chi connectivity index (χ2n) is 6.46. The van der Waals surface area contributed by atoms with Gasteiger partial charge >= 0.3 is 0 Å². The predicted molar refractivity (Wildman–Crippen MR) is 87.8 cm³/mol. The van der Waals surface area contributed by atoms with E-state index in [1.807, 2.05) is 11.0 Å². The van der Waals surface area contributed by atoms with Crippen LogP contribution < -0.4 is 0 Å². The van der Waals surface area contributed by atoms with Gasteiger partial charge in [0, 0.05) is 18.7 Å². The number of H-pyrrole nitrogens is 1. The zero-order chi connectivity index (χ0) is 15.7. The number of hydrogen-bond donors (Lipinski definition) is 1. The third-order valence-electron chi connectivity index (χ3n) is 4.56. The number of aryl methyl sites for hydroxylation is 2. The summed E-state index contributed by atoms with van der Waals surface area (Å²) in [6.07, 6.45) is 2.30. The average Bonchev–Trinajstić information content (AvgIpc) is 2.99. The number of nitrogens with zero attached hydrogens (tertiary/aromatic N) is 2. The third kappa shape index (κ3) is 2.91. The van der Waals surface area contributed by atoms with Crippen molar-refractivity contribution in [2.45, 2.75) is 33.6 Å². The number of benzene rings is 1. The van der Waals surface area contributed by atoms with E-state index in [0.717, 1.165) is 30.8 Å². The molecule has 2 heterocycles. The van der Waals surface area contributed by atoms with Gasteiger partial charge in [-0.3, -0.25) is 9.89 Å². The molecular weight excluding hydrogens is 274 g/mol. The van der Waals surface area contributed by atoms with E-state index in [9.17, 15) is 4.79 Å². The van der Waals surface area contributed by atoms with Crippen molar-refractivity contribution >= 4 is 5.91 Å². The summed E-state index contributed by atoms with van der Waals surface area (Å²) in [7, 11) is 0. The Morgan fingerprint density at radius 2 is 2.09 bits per heavy atom. The van der Waals surface area contributed by atoms with Crippen molar-refractivity contribution < 1.29 is 4.79 Å². The number of nitrogens with one attached hydrogen (secondary N) is 1. The Bertz CT molecular complexity index is 689. The van der Waals surface area contributed by atoms with Gasteiger partial charge in [0.05, 0.1) is 5.69 Å². The quantitative estimate of drug-likeness (QED) is 0.921. The fourth-order valence-corrected chi connectivity index (χ4v) is 3.02. The summed E-state index contributed by atoms with van der Waals surface area (Å²) in [4.78, 5) is 14.5. The Balaban J connectivity index is 1.81. The van der Waals surface area contributed by atoms with Gasteiger partial charge in [0.25, 0.3) is 5.91 Å². The van der Waals surface area contributed by atoms with E-state index in [1.54, 1.807) is 0 Å². The molecule has 1 amide bonds. The van der Waals surface area contributed by atoms with Crippen molar-refractivity contribution in [3.63, 3.8) is 0 Å². The van der Waals surface area contributed by atoms with Crippen molar-refractivity contribution in [1.29, 1.82) is 0 Å². The summed E-state index contributed by atoms with van der Waals surface area (Å²) in [5, 5.41) is 7.23. The first-order chi connectivity index (χ1) is 10.5. The topological polar surface area (TPSA) is 49.0 Å². The molecule has 1 saturated heterocycles. The Morgan fingerprint density at radius 3 is 2.82 bits per heavy atom. The highest BCUT2D eigenvalue weighted by molar-refractivity contribution is 5.93. The molecular formula is C18H23N3O. The minimum atomic E-state index is 0.0640. The van der Waals surface area contributed by atoms with E-state index in [4.69, 9.17) is 0 Å². The van der Waals surface area contributed by atoms with Gasteiger partial charge in [0.2, 0.25) is 0 Å². The van der Waals surface area contributed by atoms with Crippen LogP contribution >= 0.6 is 0 Å². The molecule has 1 aromatic carbocycles. The first-order valence-electron chi connectivity index (χ1n) is 7.97. The molecule has 1 aliphatic rings. The molecule has 1 unspecified atom stereocenters. The molecule has 0 radical (unpaired) electrons. The Morgan fingerprint density at radius 1 is 1.27 bits per heavy atom. The Labute approximate surface area is 131 Å². The summed E-state index contributed by atoms with van der Waals surface area (Å²) in [6, 6.07) is 8.12. The molecule has 0 bridgehead atoms. The summed E-state index contributed by atoms with van der Waals surface area (Å²) >= 11 is 0. The summed E-state index contributed by atoms with van der Waals surface area (Å²) in [5.41, 5.74) is 4.96. The second kappa shape index (κ2) is 5.95. The number of aromatic nitrogens is 2. The van der Waals surface area contributed by atoms with Crippen LogP contribution in [0.3, 0.4) is 0 Å². The summed E-state index contributed by atoms with van der Waals surface area (Å²) in [5.74, 6) is 0.647. The van der Waals surface area contributed by atoms with E-state index in [1.165, 1.54) is 17.5 Å². The van der Waals surface area contributed by atoms with Crippen LogP contribution in [0.15, 0.2) is 24.3 Å². The normalized spacial score (nSPS) is 18.5. The van der Waals surface area contributed by atoms with Gasteiger partial charge in [0.15, 0.2) is 0 Å². The van der Waals surface area contributed by atoms with Crippen molar-refractivity contribution in [3.05, 3.63) is 41.1 Å². The molecule has 3 rings (SSSR count). The maximum Gasteiger partial charge on any atom is 0.271 e. The van der Waals surface area contributed by atoms with E-state index in [0.29, 0.717) is 11.6 Å². The van der Waals surface area contributed by atoms with Gasteiger partial charge in [-0.05, 0) is 55.9 Å². The van der Waals surface area contributed by atoms with Crippen LogP contribution in [0.5, 0.6) is 0 Å². The van der Waals surface area contributed by atoms with Crippen molar-refractivity contribution in [1.82, 2.24) is 15.1 Å². The molecule has 1 aromatic heterocycles. The van der Waals surface area contributed by atoms with Gasteiger partial charge in [-0.1, -0.05) is 19.1 Å². The number of hydrogen-bond acceptors (Lipinski definition) is 2. The number of carbonyl (C=O) groups is 1. The van der Waals surface area contributed by atoms with Crippen LogP contribution in [0, 0.1) is 19.8 Å². The fraction of sp³-hybridized carbons (Fsp3) is 0.444. The van der Waals surface area contributed by atoms with Crippen molar-refractivity contribution in [2.24, 2.45) is 5.92 Å². The van der Waals surface area contributed by atoms with Crippen LogP contribution in [0.25, 0.3) is 11.3 Å². The van der Waals surface area contributed by atoms with Gasteiger partial charge in [-0.25, -0.2) is 0 Å². The number of rotatable bonds is 2. The minimum Gasteiger partial charge on any atom is -0.337 e. The largest absolute Gasteiger partial charge is 0.337 e.